The molecule has 0 aliphatic carbocycles. The number of hydrogen-bond acceptors (Lipinski definition) is 3. The molecule has 0 saturated carbocycles. The lowest BCUT2D eigenvalue weighted by molar-refractivity contribution is -0.0680. The minimum Gasteiger partial charge on any atom is -0.438 e. The highest BCUT2D eigenvalue weighted by Gasteiger charge is 2.43. The molecule has 1 aliphatic rings. The van der Waals surface area contributed by atoms with Gasteiger partial charge in [0.2, 0.25) is 0 Å². The molecule has 1 amide bonds. The fraction of sp³-hybridized carbons (Fsp3) is 0.348. The Hall–Kier alpha value is -2.59. The lowest BCUT2D eigenvalue weighted by Gasteiger charge is -2.43. The minimum atomic E-state index is -0.663. The van der Waals surface area contributed by atoms with Gasteiger partial charge < -0.3 is 14.7 Å². The second-order valence-electron chi connectivity index (χ2n) is 7.05. The molecule has 2 aromatic carbocycles. The van der Waals surface area contributed by atoms with Crippen LogP contribution in [0.2, 0.25) is 0 Å². The summed E-state index contributed by atoms with van der Waals surface area (Å²) in [6, 6.07) is 17.9. The van der Waals surface area contributed by atoms with Crippen molar-refractivity contribution >= 4 is 12.2 Å². The molecule has 0 spiro atoms. The van der Waals surface area contributed by atoms with Crippen LogP contribution in [0.1, 0.15) is 48.9 Å². The number of aliphatic hydroxyl groups excluding tert-OH is 1. The summed E-state index contributed by atoms with van der Waals surface area (Å²) in [5, 5.41) is 9.30. The van der Waals surface area contributed by atoms with Crippen LogP contribution in [0.15, 0.2) is 61.2 Å². The van der Waals surface area contributed by atoms with E-state index >= 15 is 0 Å². The van der Waals surface area contributed by atoms with E-state index in [-0.39, 0.29) is 18.7 Å². The maximum absolute atomic E-state index is 12.9. The van der Waals surface area contributed by atoms with Crippen LogP contribution in [0.25, 0.3) is 6.08 Å². The molecule has 1 N–H and O–H groups in total. The number of aliphatic hydroxyl groups is 1. The summed E-state index contributed by atoms with van der Waals surface area (Å²) in [4.78, 5) is 14.7. The molecule has 4 nitrogen and oxygen atoms in total. The van der Waals surface area contributed by atoms with E-state index in [2.05, 4.69) is 6.58 Å². The van der Waals surface area contributed by atoms with Crippen molar-refractivity contribution in [3.63, 3.8) is 0 Å². The summed E-state index contributed by atoms with van der Waals surface area (Å²) in [6.45, 7) is 6.50. The Bertz CT molecular complexity index is 772. The number of benzene rings is 2. The predicted octanol–water partition coefficient (Wildman–Crippen LogP) is 4.90. The Morgan fingerprint density at radius 3 is 2.52 bits per heavy atom. The Morgan fingerprint density at radius 1 is 1.22 bits per heavy atom. The summed E-state index contributed by atoms with van der Waals surface area (Å²) < 4.78 is 6.02. The molecule has 1 unspecified atom stereocenters. The zero-order chi connectivity index (χ0) is 19.3. The summed E-state index contributed by atoms with van der Waals surface area (Å²) in [5.74, 6) is 0. The predicted molar refractivity (Wildman–Crippen MR) is 107 cm³/mol. The van der Waals surface area contributed by atoms with E-state index in [9.17, 15) is 9.90 Å². The lowest BCUT2D eigenvalue weighted by atomic mass is 9.84. The fourth-order valence-corrected chi connectivity index (χ4v) is 3.74. The van der Waals surface area contributed by atoms with E-state index in [0.29, 0.717) is 25.8 Å². The topological polar surface area (TPSA) is 49.8 Å². The van der Waals surface area contributed by atoms with Crippen molar-refractivity contribution in [1.82, 2.24) is 4.90 Å². The molecule has 2 atom stereocenters. The third kappa shape index (κ3) is 4.06. The number of hydrogen-bond donors (Lipinski definition) is 1. The second-order valence-corrected chi connectivity index (χ2v) is 7.05. The molecule has 2 aromatic rings. The molecule has 1 aliphatic heterocycles. The van der Waals surface area contributed by atoms with Gasteiger partial charge in [0.25, 0.3) is 0 Å². The molecule has 1 fully saturated rings. The van der Waals surface area contributed by atoms with Gasteiger partial charge >= 0.3 is 6.09 Å². The van der Waals surface area contributed by atoms with Gasteiger partial charge in [-0.25, -0.2) is 4.79 Å². The first kappa shape index (κ1) is 19.2. The van der Waals surface area contributed by atoms with E-state index in [1.54, 1.807) is 11.0 Å². The van der Waals surface area contributed by atoms with Gasteiger partial charge in [-0.15, -0.1) is 0 Å². The molecule has 0 radical (unpaired) electrons. The average Bonchev–Trinajstić information content (AvgIpc) is 2.72. The Morgan fingerprint density at radius 2 is 1.93 bits per heavy atom. The number of cyclic esters (lactones) is 1. The number of rotatable bonds is 7. The van der Waals surface area contributed by atoms with Gasteiger partial charge in [-0.3, -0.25) is 0 Å². The van der Waals surface area contributed by atoms with Crippen molar-refractivity contribution in [2.45, 2.75) is 37.8 Å². The van der Waals surface area contributed by atoms with Crippen molar-refractivity contribution in [2.75, 3.05) is 13.2 Å². The molecule has 3 rings (SSSR count). The third-order valence-corrected chi connectivity index (χ3v) is 5.43. The summed E-state index contributed by atoms with van der Waals surface area (Å²) >= 11 is 0. The van der Waals surface area contributed by atoms with E-state index in [1.807, 2.05) is 61.5 Å². The zero-order valence-electron chi connectivity index (χ0n) is 15.8. The maximum Gasteiger partial charge on any atom is 0.411 e. The first-order valence-electron chi connectivity index (χ1n) is 9.48. The normalized spacial score (nSPS) is 20.8. The van der Waals surface area contributed by atoms with Crippen LogP contribution in [0.4, 0.5) is 4.79 Å². The van der Waals surface area contributed by atoms with Gasteiger partial charge in [0.1, 0.15) is 5.60 Å². The number of carbonyl (C=O) groups excluding carboxylic acids is 1. The molecule has 142 valence electrons. The molecule has 0 aromatic heterocycles. The van der Waals surface area contributed by atoms with Crippen LogP contribution >= 0.6 is 0 Å². The standard InChI is InChI=1S/C23H27NO3/c1-3-19-10-12-20(13-11-19)18(2)24-16-15-23(14-7-17-25,27-22(24)26)21-8-5-4-6-9-21/h3-6,8-13,18,25H,1,7,14-17H2,2H3/t18-,23?/m0/s1. The monoisotopic (exact) mass is 365 g/mol. The first-order chi connectivity index (χ1) is 13.1. The summed E-state index contributed by atoms with van der Waals surface area (Å²) in [6.07, 6.45) is 3.43. The lowest BCUT2D eigenvalue weighted by Crippen LogP contribution is -2.48. The SMILES string of the molecule is C=Cc1ccc([C@H](C)N2CCC(CCCO)(c3ccccc3)OC2=O)cc1. The van der Waals surface area contributed by atoms with E-state index < -0.39 is 5.60 Å². The van der Waals surface area contributed by atoms with Crippen molar-refractivity contribution in [3.05, 3.63) is 77.9 Å². The molecule has 27 heavy (non-hydrogen) atoms. The van der Waals surface area contributed by atoms with Crippen LogP contribution in [-0.2, 0) is 10.3 Å². The number of ether oxygens (including phenoxy) is 1. The smallest absolute Gasteiger partial charge is 0.411 e. The molecule has 1 heterocycles. The van der Waals surface area contributed by atoms with Gasteiger partial charge in [0.15, 0.2) is 0 Å². The van der Waals surface area contributed by atoms with Gasteiger partial charge in [-0.1, -0.05) is 67.3 Å². The van der Waals surface area contributed by atoms with Crippen molar-refractivity contribution in [2.24, 2.45) is 0 Å². The second kappa shape index (κ2) is 8.40. The molecular formula is C23H27NO3. The number of carbonyl (C=O) groups is 1. The van der Waals surface area contributed by atoms with Gasteiger partial charge in [0, 0.05) is 19.6 Å². The molecule has 1 saturated heterocycles. The zero-order valence-corrected chi connectivity index (χ0v) is 15.8. The fourth-order valence-electron chi connectivity index (χ4n) is 3.74. The highest BCUT2D eigenvalue weighted by molar-refractivity contribution is 5.70. The molecular weight excluding hydrogens is 338 g/mol. The van der Waals surface area contributed by atoms with Crippen molar-refractivity contribution in [3.8, 4) is 0 Å². The average molecular weight is 365 g/mol. The first-order valence-corrected chi connectivity index (χ1v) is 9.48. The van der Waals surface area contributed by atoms with Crippen LogP contribution in [0.3, 0.4) is 0 Å². The minimum absolute atomic E-state index is 0.0667. The highest BCUT2D eigenvalue weighted by atomic mass is 16.6. The van der Waals surface area contributed by atoms with Crippen LogP contribution < -0.4 is 0 Å². The van der Waals surface area contributed by atoms with Crippen LogP contribution in [0.5, 0.6) is 0 Å². The van der Waals surface area contributed by atoms with E-state index in [0.717, 1.165) is 16.7 Å². The van der Waals surface area contributed by atoms with Gasteiger partial charge in [0.05, 0.1) is 6.04 Å². The molecule has 4 heteroatoms. The van der Waals surface area contributed by atoms with Crippen LogP contribution in [-0.4, -0.2) is 29.3 Å². The number of amides is 1. The van der Waals surface area contributed by atoms with Gasteiger partial charge in [-0.05, 0) is 36.5 Å². The highest BCUT2D eigenvalue weighted by Crippen LogP contribution is 2.40. The van der Waals surface area contributed by atoms with Crippen molar-refractivity contribution < 1.29 is 14.6 Å². The largest absolute Gasteiger partial charge is 0.438 e. The summed E-state index contributed by atoms with van der Waals surface area (Å²) in [5.41, 5.74) is 2.46. The maximum atomic E-state index is 12.9. The van der Waals surface area contributed by atoms with Crippen molar-refractivity contribution in [1.29, 1.82) is 0 Å². The quantitative estimate of drug-likeness (QED) is 0.759. The van der Waals surface area contributed by atoms with E-state index in [4.69, 9.17) is 4.74 Å². The Balaban J connectivity index is 1.79. The Labute approximate surface area is 161 Å². The summed E-state index contributed by atoms with van der Waals surface area (Å²) in [7, 11) is 0. The number of nitrogens with zero attached hydrogens (tertiary/aromatic N) is 1. The van der Waals surface area contributed by atoms with E-state index in [1.165, 1.54) is 0 Å². The van der Waals surface area contributed by atoms with Crippen LogP contribution in [0, 0.1) is 0 Å². The molecule has 0 bridgehead atoms. The Kier molecular flexibility index (Phi) is 5.97. The third-order valence-electron chi connectivity index (χ3n) is 5.43. The van der Waals surface area contributed by atoms with Gasteiger partial charge in [-0.2, -0.15) is 0 Å².